The molecule has 1 heterocycles. The van der Waals surface area contributed by atoms with Crippen molar-refractivity contribution in [3.63, 3.8) is 0 Å². The van der Waals surface area contributed by atoms with E-state index in [1.165, 1.54) is 0 Å². The van der Waals surface area contributed by atoms with E-state index in [0.717, 1.165) is 12.4 Å². The van der Waals surface area contributed by atoms with E-state index < -0.39 is 5.97 Å². The third-order valence-corrected chi connectivity index (χ3v) is 2.52. The predicted molar refractivity (Wildman–Crippen MR) is 63.6 cm³/mol. The quantitative estimate of drug-likeness (QED) is 0.661. The minimum atomic E-state index is -0.827. The molecule has 7 nitrogen and oxygen atoms in total. The number of amides is 1. The second-order valence-electron chi connectivity index (χ2n) is 3.91. The van der Waals surface area contributed by atoms with E-state index in [1.54, 1.807) is 6.33 Å². The van der Waals surface area contributed by atoms with Gasteiger partial charge in [0.1, 0.15) is 6.33 Å². The summed E-state index contributed by atoms with van der Waals surface area (Å²) >= 11 is 0. The Morgan fingerprint density at radius 2 is 2.11 bits per heavy atom. The van der Waals surface area contributed by atoms with Gasteiger partial charge in [0, 0.05) is 19.4 Å². The number of aryl methyl sites for hydroxylation is 1. The molecule has 0 radical (unpaired) electrons. The van der Waals surface area contributed by atoms with E-state index in [9.17, 15) is 9.59 Å². The lowest BCUT2D eigenvalue weighted by Crippen LogP contribution is -2.24. The molecule has 1 rings (SSSR count). The van der Waals surface area contributed by atoms with Crippen LogP contribution in [0.15, 0.2) is 6.33 Å². The van der Waals surface area contributed by atoms with Crippen molar-refractivity contribution in [2.24, 2.45) is 0 Å². The van der Waals surface area contributed by atoms with Crippen LogP contribution in [0.2, 0.25) is 0 Å². The van der Waals surface area contributed by atoms with Gasteiger partial charge in [-0.1, -0.05) is 0 Å². The van der Waals surface area contributed by atoms with Crippen LogP contribution in [0.4, 0.5) is 0 Å². The summed E-state index contributed by atoms with van der Waals surface area (Å²) in [5.41, 5.74) is 0. The van der Waals surface area contributed by atoms with Crippen molar-refractivity contribution in [1.82, 2.24) is 20.1 Å². The summed E-state index contributed by atoms with van der Waals surface area (Å²) < 4.78 is 1.85. The number of carbonyl (C=O) groups excluding carboxylic acids is 1. The summed E-state index contributed by atoms with van der Waals surface area (Å²) in [7, 11) is 0. The normalized spacial score (nSPS) is 10.3. The molecule has 2 N–H and O–H groups in total. The van der Waals surface area contributed by atoms with Crippen molar-refractivity contribution < 1.29 is 14.7 Å². The molecule has 1 amide bonds. The third-order valence-electron chi connectivity index (χ3n) is 2.52. The van der Waals surface area contributed by atoms with Gasteiger partial charge in [0.25, 0.3) is 0 Å². The van der Waals surface area contributed by atoms with Gasteiger partial charge in [-0.3, -0.25) is 9.59 Å². The maximum atomic E-state index is 11.5. The van der Waals surface area contributed by atoms with Crippen molar-refractivity contribution >= 4 is 11.9 Å². The van der Waals surface area contributed by atoms with Crippen LogP contribution >= 0.6 is 0 Å². The van der Waals surface area contributed by atoms with Gasteiger partial charge in [-0.2, -0.15) is 0 Å². The van der Waals surface area contributed by atoms with E-state index in [2.05, 4.69) is 15.5 Å². The molecule has 0 aliphatic rings. The van der Waals surface area contributed by atoms with Gasteiger partial charge in [0.05, 0.1) is 6.54 Å². The third kappa shape index (κ3) is 4.94. The smallest absolute Gasteiger partial charge is 0.303 e. The molecule has 0 saturated heterocycles. The Labute approximate surface area is 105 Å². The molecule has 7 heteroatoms. The molecular formula is C11H18N4O3. The summed E-state index contributed by atoms with van der Waals surface area (Å²) in [6.45, 7) is 3.09. The Morgan fingerprint density at radius 1 is 1.39 bits per heavy atom. The zero-order chi connectivity index (χ0) is 13.4. The monoisotopic (exact) mass is 254 g/mol. The van der Waals surface area contributed by atoms with Gasteiger partial charge >= 0.3 is 5.97 Å². The van der Waals surface area contributed by atoms with E-state index in [4.69, 9.17) is 5.11 Å². The molecule has 0 bridgehead atoms. The van der Waals surface area contributed by atoms with Gasteiger partial charge in [-0.15, -0.1) is 10.2 Å². The Bertz CT molecular complexity index is 403. The van der Waals surface area contributed by atoms with Crippen LogP contribution in [0.3, 0.4) is 0 Å². The predicted octanol–water partition coefficient (Wildman–Crippen LogP) is 0.559. The highest BCUT2D eigenvalue weighted by Crippen LogP contribution is 2.00. The van der Waals surface area contributed by atoms with E-state index in [-0.39, 0.29) is 12.3 Å². The maximum absolute atomic E-state index is 11.5. The summed E-state index contributed by atoms with van der Waals surface area (Å²) in [5.74, 6) is -0.200. The first kappa shape index (κ1) is 14.1. The minimum absolute atomic E-state index is 0.0916. The first-order valence-corrected chi connectivity index (χ1v) is 5.98. The summed E-state index contributed by atoms with van der Waals surface area (Å²) in [4.78, 5) is 21.7. The van der Waals surface area contributed by atoms with Crippen molar-refractivity contribution in [2.45, 2.75) is 45.7 Å². The fourth-order valence-corrected chi connectivity index (χ4v) is 1.51. The van der Waals surface area contributed by atoms with Crippen LogP contribution < -0.4 is 5.32 Å². The lowest BCUT2D eigenvalue weighted by Gasteiger charge is -2.05. The van der Waals surface area contributed by atoms with Gasteiger partial charge in [-0.25, -0.2) is 0 Å². The number of carbonyl (C=O) groups is 2. The molecule has 18 heavy (non-hydrogen) atoms. The number of carboxylic acids is 1. The topological polar surface area (TPSA) is 97.1 Å². The number of nitrogens with one attached hydrogen (secondary N) is 1. The molecule has 0 aliphatic heterocycles. The molecule has 0 spiro atoms. The lowest BCUT2D eigenvalue weighted by atomic mass is 10.2. The van der Waals surface area contributed by atoms with Crippen molar-refractivity contribution in [3.8, 4) is 0 Å². The zero-order valence-electron chi connectivity index (χ0n) is 10.4. The second kappa shape index (κ2) is 7.41. The van der Waals surface area contributed by atoms with Crippen LogP contribution in [0.25, 0.3) is 0 Å². The lowest BCUT2D eigenvalue weighted by molar-refractivity contribution is -0.137. The summed E-state index contributed by atoms with van der Waals surface area (Å²) in [6.07, 6.45) is 3.17. The second-order valence-corrected chi connectivity index (χ2v) is 3.91. The van der Waals surface area contributed by atoms with Crippen LogP contribution in [0, 0.1) is 0 Å². The molecule has 0 aromatic carbocycles. The van der Waals surface area contributed by atoms with E-state index in [1.807, 2.05) is 11.5 Å². The number of unbranched alkanes of at least 4 members (excludes halogenated alkanes) is 1. The van der Waals surface area contributed by atoms with E-state index in [0.29, 0.717) is 25.8 Å². The molecule has 0 saturated carbocycles. The Hall–Kier alpha value is -1.92. The van der Waals surface area contributed by atoms with Crippen molar-refractivity contribution in [1.29, 1.82) is 0 Å². The number of nitrogens with zero attached hydrogens (tertiary/aromatic N) is 3. The summed E-state index contributed by atoms with van der Waals surface area (Å²) in [6, 6.07) is 0. The van der Waals surface area contributed by atoms with Crippen molar-refractivity contribution in [3.05, 3.63) is 12.2 Å². The maximum Gasteiger partial charge on any atom is 0.303 e. The highest BCUT2D eigenvalue weighted by Gasteiger charge is 2.06. The molecule has 1 aromatic rings. The number of aliphatic carboxylic acids is 1. The van der Waals surface area contributed by atoms with Crippen LogP contribution in [0.5, 0.6) is 0 Å². The molecule has 100 valence electrons. The summed E-state index contributed by atoms with van der Waals surface area (Å²) in [5, 5.41) is 18.8. The molecule has 0 atom stereocenters. The number of hydrogen-bond acceptors (Lipinski definition) is 4. The first-order chi connectivity index (χ1) is 8.63. The fraction of sp³-hybridized carbons (Fsp3) is 0.636. The van der Waals surface area contributed by atoms with Gasteiger partial charge < -0.3 is 15.0 Å². The van der Waals surface area contributed by atoms with Gasteiger partial charge in [0.2, 0.25) is 5.91 Å². The molecule has 0 fully saturated rings. The average molecular weight is 254 g/mol. The van der Waals surface area contributed by atoms with Crippen LogP contribution in [-0.2, 0) is 22.7 Å². The zero-order valence-corrected chi connectivity index (χ0v) is 10.4. The highest BCUT2D eigenvalue weighted by atomic mass is 16.4. The average Bonchev–Trinajstić information content (AvgIpc) is 2.79. The molecular weight excluding hydrogens is 236 g/mol. The van der Waals surface area contributed by atoms with Gasteiger partial charge in [0.15, 0.2) is 5.82 Å². The van der Waals surface area contributed by atoms with Crippen LogP contribution in [0.1, 0.15) is 38.4 Å². The largest absolute Gasteiger partial charge is 0.481 e. The Morgan fingerprint density at radius 3 is 2.78 bits per heavy atom. The van der Waals surface area contributed by atoms with Crippen LogP contribution in [-0.4, -0.2) is 31.7 Å². The highest BCUT2D eigenvalue weighted by molar-refractivity contribution is 5.75. The Balaban J connectivity index is 2.19. The SMILES string of the molecule is CCn1cnnc1CNC(=O)CCCCC(=O)O. The molecule has 1 aromatic heterocycles. The number of hydrogen-bond donors (Lipinski definition) is 2. The van der Waals surface area contributed by atoms with Crippen molar-refractivity contribution in [2.75, 3.05) is 0 Å². The van der Waals surface area contributed by atoms with E-state index >= 15 is 0 Å². The molecule has 0 aliphatic carbocycles. The Kier molecular flexibility index (Phi) is 5.83. The standard InChI is InChI=1S/C11H18N4O3/c1-2-15-8-13-14-9(15)7-12-10(16)5-3-4-6-11(17)18/h8H,2-7H2,1H3,(H,12,16)(H,17,18). The first-order valence-electron chi connectivity index (χ1n) is 5.98. The van der Waals surface area contributed by atoms with Gasteiger partial charge in [-0.05, 0) is 19.8 Å². The fourth-order valence-electron chi connectivity index (χ4n) is 1.51. The number of rotatable bonds is 8. The number of carboxylic acid groups (broad SMARTS) is 1. The number of aromatic nitrogens is 3. The molecule has 0 unspecified atom stereocenters. The minimum Gasteiger partial charge on any atom is -0.481 e.